The molecule has 0 aliphatic carbocycles. The van der Waals surface area contributed by atoms with Gasteiger partial charge in [0.05, 0.1) is 19.8 Å². The van der Waals surface area contributed by atoms with E-state index in [1.165, 1.54) is 0 Å². The van der Waals surface area contributed by atoms with Crippen LogP contribution in [0, 0.1) is 0 Å². The summed E-state index contributed by atoms with van der Waals surface area (Å²) in [6.45, 7) is 10.1. The van der Waals surface area contributed by atoms with Crippen molar-refractivity contribution in [2.45, 2.75) is 13.3 Å². The Morgan fingerprint density at radius 1 is 1.07 bits per heavy atom. The first-order valence-corrected chi connectivity index (χ1v) is 5.89. The molecule has 4 heteroatoms. The van der Waals surface area contributed by atoms with E-state index in [2.05, 4.69) is 4.90 Å². The van der Waals surface area contributed by atoms with E-state index in [0.29, 0.717) is 0 Å². The minimum atomic E-state index is 0.799. The summed E-state index contributed by atoms with van der Waals surface area (Å²) in [6.07, 6.45) is 0.997. The van der Waals surface area contributed by atoms with Crippen molar-refractivity contribution in [1.29, 1.82) is 0 Å². The minimum Gasteiger partial charge on any atom is -0.382 e. The molecule has 1 heterocycles. The highest BCUT2D eigenvalue weighted by atomic mass is 16.5. The zero-order valence-electron chi connectivity index (χ0n) is 9.74. The largest absolute Gasteiger partial charge is 0.382 e. The molecule has 0 aromatic carbocycles. The van der Waals surface area contributed by atoms with Gasteiger partial charge in [-0.2, -0.15) is 0 Å². The number of morpholine rings is 1. The molecule has 0 aromatic rings. The molecule has 0 saturated carbocycles. The first-order chi connectivity index (χ1) is 7.43. The van der Waals surface area contributed by atoms with Crippen LogP contribution in [0.15, 0.2) is 0 Å². The van der Waals surface area contributed by atoms with Crippen molar-refractivity contribution in [2.24, 2.45) is 0 Å². The average Bonchev–Trinajstić information content (AvgIpc) is 2.29. The highest BCUT2D eigenvalue weighted by Crippen LogP contribution is 1.96. The molecule has 0 aromatic heterocycles. The van der Waals surface area contributed by atoms with Gasteiger partial charge < -0.3 is 14.2 Å². The maximum atomic E-state index is 5.52. The molecule has 1 saturated heterocycles. The summed E-state index contributed by atoms with van der Waals surface area (Å²) >= 11 is 0. The van der Waals surface area contributed by atoms with Gasteiger partial charge in [-0.25, -0.2) is 0 Å². The molecule has 1 aliphatic heterocycles. The Hall–Kier alpha value is -0.160. The van der Waals surface area contributed by atoms with Crippen molar-refractivity contribution in [2.75, 3.05) is 59.3 Å². The van der Waals surface area contributed by atoms with Crippen LogP contribution in [0.4, 0.5) is 0 Å². The van der Waals surface area contributed by atoms with Crippen molar-refractivity contribution >= 4 is 0 Å². The predicted molar refractivity (Wildman–Crippen MR) is 59.2 cm³/mol. The number of rotatable bonds is 8. The van der Waals surface area contributed by atoms with Gasteiger partial charge in [0.15, 0.2) is 0 Å². The third kappa shape index (κ3) is 6.84. The van der Waals surface area contributed by atoms with Gasteiger partial charge in [0.25, 0.3) is 0 Å². The molecule has 0 N–H and O–H groups in total. The third-order valence-corrected chi connectivity index (χ3v) is 2.44. The smallest absolute Gasteiger partial charge is 0.0594 e. The van der Waals surface area contributed by atoms with Crippen molar-refractivity contribution in [1.82, 2.24) is 4.90 Å². The standard InChI is InChI=1S/C11H23NO3/c1-2-13-7-3-8-14-9-4-12-5-10-15-11-6-12/h2-11H2,1H3. The number of nitrogens with zero attached hydrogens (tertiary/aromatic N) is 1. The molecule has 0 amide bonds. The van der Waals surface area contributed by atoms with Crippen LogP contribution in [0.3, 0.4) is 0 Å². The van der Waals surface area contributed by atoms with E-state index in [-0.39, 0.29) is 0 Å². The zero-order chi connectivity index (χ0) is 10.8. The van der Waals surface area contributed by atoms with Gasteiger partial charge in [-0.15, -0.1) is 0 Å². The van der Waals surface area contributed by atoms with E-state index in [4.69, 9.17) is 14.2 Å². The van der Waals surface area contributed by atoms with Crippen molar-refractivity contribution < 1.29 is 14.2 Å². The lowest BCUT2D eigenvalue weighted by Crippen LogP contribution is -2.38. The lowest BCUT2D eigenvalue weighted by atomic mass is 10.4. The van der Waals surface area contributed by atoms with E-state index >= 15 is 0 Å². The molecule has 4 nitrogen and oxygen atoms in total. The Balaban J connectivity index is 1.79. The molecule has 0 bridgehead atoms. The molecular weight excluding hydrogens is 194 g/mol. The van der Waals surface area contributed by atoms with E-state index in [1.807, 2.05) is 6.92 Å². The molecule has 0 unspecified atom stereocenters. The van der Waals surface area contributed by atoms with Crippen LogP contribution in [0.5, 0.6) is 0 Å². The van der Waals surface area contributed by atoms with Crippen molar-refractivity contribution in [3.05, 3.63) is 0 Å². The van der Waals surface area contributed by atoms with Crippen LogP contribution < -0.4 is 0 Å². The molecule has 1 rings (SSSR count). The summed E-state index contributed by atoms with van der Waals surface area (Å²) in [4.78, 5) is 2.38. The van der Waals surface area contributed by atoms with Crippen LogP contribution in [0.2, 0.25) is 0 Å². The number of ether oxygens (including phenoxy) is 3. The van der Waals surface area contributed by atoms with E-state index in [0.717, 1.165) is 65.7 Å². The lowest BCUT2D eigenvalue weighted by Gasteiger charge is -2.26. The number of hydrogen-bond acceptors (Lipinski definition) is 4. The van der Waals surface area contributed by atoms with Gasteiger partial charge in [-0.1, -0.05) is 0 Å². The molecule has 1 fully saturated rings. The Labute approximate surface area is 92.5 Å². The van der Waals surface area contributed by atoms with Crippen LogP contribution in [-0.2, 0) is 14.2 Å². The van der Waals surface area contributed by atoms with E-state index < -0.39 is 0 Å². The summed E-state index contributed by atoms with van der Waals surface area (Å²) in [6, 6.07) is 0. The highest BCUT2D eigenvalue weighted by molar-refractivity contribution is 4.60. The maximum Gasteiger partial charge on any atom is 0.0594 e. The van der Waals surface area contributed by atoms with Crippen LogP contribution >= 0.6 is 0 Å². The van der Waals surface area contributed by atoms with Crippen LogP contribution in [0.1, 0.15) is 13.3 Å². The summed E-state index contributed by atoms with van der Waals surface area (Å²) < 4.78 is 16.0. The lowest BCUT2D eigenvalue weighted by molar-refractivity contribution is 0.0175. The molecule has 15 heavy (non-hydrogen) atoms. The monoisotopic (exact) mass is 217 g/mol. The normalized spacial score (nSPS) is 18.2. The van der Waals surface area contributed by atoms with Gasteiger partial charge in [-0.3, -0.25) is 4.90 Å². The Kier molecular flexibility index (Phi) is 7.83. The van der Waals surface area contributed by atoms with E-state index in [9.17, 15) is 0 Å². The maximum absolute atomic E-state index is 5.52. The SMILES string of the molecule is CCOCCCOCCN1CCOCC1. The Morgan fingerprint density at radius 3 is 2.53 bits per heavy atom. The van der Waals surface area contributed by atoms with Gasteiger partial charge >= 0.3 is 0 Å². The third-order valence-electron chi connectivity index (χ3n) is 2.44. The summed E-state index contributed by atoms with van der Waals surface area (Å²) in [5, 5.41) is 0. The number of hydrogen-bond donors (Lipinski definition) is 0. The van der Waals surface area contributed by atoms with Gasteiger partial charge in [0, 0.05) is 39.5 Å². The molecule has 0 atom stereocenters. The highest BCUT2D eigenvalue weighted by Gasteiger charge is 2.08. The first kappa shape index (κ1) is 12.9. The molecular formula is C11H23NO3. The second-order valence-corrected chi connectivity index (χ2v) is 3.62. The van der Waals surface area contributed by atoms with Gasteiger partial charge in [0.2, 0.25) is 0 Å². The molecule has 1 aliphatic rings. The van der Waals surface area contributed by atoms with Crippen molar-refractivity contribution in [3.63, 3.8) is 0 Å². The van der Waals surface area contributed by atoms with Crippen molar-refractivity contribution in [3.8, 4) is 0 Å². The minimum absolute atomic E-state index is 0.799. The fraction of sp³-hybridized carbons (Fsp3) is 1.00. The summed E-state index contributed by atoms with van der Waals surface area (Å²) in [5.41, 5.74) is 0. The topological polar surface area (TPSA) is 30.9 Å². The quantitative estimate of drug-likeness (QED) is 0.562. The van der Waals surface area contributed by atoms with Gasteiger partial charge in [-0.05, 0) is 13.3 Å². The Bertz CT molecular complexity index is 138. The second-order valence-electron chi connectivity index (χ2n) is 3.62. The molecule has 90 valence electrons. The zero-order valence-corrected chi connectivity index (χ0v) is 9.74. The summed E-state index contributed by atoms with van der Waals surface area (Å²) in [7, 11) is 0. The van der Waals surface area contributed by atoms with E-state index in [1.54, 1.807) is 0 Å². The predicted octanol–water partition coefficient (Wildman–Crippen LogP) is 0.762. The first-order valence-electron chi connectivity index (χ1n) is 5.89. The average molecular weight is 217 g/mol. The Morgan fingerprint density at radius 2 is 1.80 bits per heavy atom. The summed E-state index contributed by atoms with van der Waals surface area (Å²) in [5.74, 6) is 0. The second kappa shape index (κ2) is 9.09. The fourth-order valence-electron chi connectivity index (χ4n) is 1.53. The fourth-order valence-corrected chi connectivity index (χ4v) is 1.53. The molecule has 0 radical (unpaired) electrons. The van der Waals surface area contributed by atoms with Crippen LogP contribution in [-0.4, -0.2) is 64.2 Å². The van der Waals surface area contributed by atoms with Gasteiger partial charge in [0.1, 0.15) is 0 Å². The molecule has 0 spiro atoms. The van der Waals surface area contributed by atoms with Crippen LogP contribution in [0.25, 0.3) is 0 Å².